The first-order valence-corrected chi connectivity index (χ1v) is 3.46. The maximum Gasteiger partial charge on any atom is 0.247 e. The summed E-state index contributed by atoms with van der Waals surface area (Å²) in [6.07, 6.45) is 4.28. The van der Waals surface area contributed by atoms with Crippen molar-refractivity contribution in [1.29, 1.82) is 0 Å². The van der Waals surface area contributed by atoms with Crippen LogP contribution >= 0.6 is 0 Å². The van der Waals surface area contributed by atoms with Crippen molar-refractivity contribution in [2.75, 3.05) is 20.1 Å². The van der Waals surface area contributed by atoms with Crippen LogP contribution in [0.15, 0.2) is 12.3 Å². The minimum atomic E-state index is 0.0761. The third-order valence-corrected chi connectivity index (χ3v) is 1.53. The first-order valence-electron chi connectivity index (χ1n) is 3.46. The van der Waals surface area contributed by atoms with Crippen molar-refractivity contribution in [1.82, 2.24) is 10.2 Å². The summed E-state index contributed by atoms with van der Waals surface area (Å²) in [5.74, 6) is 0.0761. The molecule has 0 aromatic carbocycles. The average Bonchev–Trinajstić information content (AvgIpc) is 1.92. The molecule has 0 saturated carbocycles. The van der Waals surface area contributed by atoms with Crippen molar-refractivity contribution < 1.29 is 4.79 Å². The number of rotatable bonds is 0. The molecular formula is C7H12N2O. The van der Waals surface area contributed by atoms with Gasteiger partial charge in [0.2, 0.25) is 5.91 Å². The number of nitrogens with zero attached hydrogens (tertiary/aromatic N) is 1. The van der Waals surface area contributed by atoms with Crippen molar-refractivity contribution in [2.24, 2.45) is 0 Å². The van der Waals surface area contributed by atoms with E-state index >= 15 is 0 Å². The zero-order valence-corrected chi connectivity index (χ0v) is 6.13. The molecule has 0 fully saturated rings. The first-order chi connectivity index (χ1) is 4.80. The quantitative estimate of drug-likeness (QED) is 0.511. The molecule has 0 spiro atoms. The van der Waals surface area contributed by atoms with Crippen LogP contribution in [-0.4, -0.2) is 30.9 Å². The summed E-state index contributed by atoms with van der Waals surface area (Å²) in [6.45, 7) is 1.80. The smallest absolute Gasteiger partial charge is 0.247 e. The lowest BCUT2D eigenvalue weighted by atomic mass is 10.3. The van der Waals surface area contributed by atoms with Crippen molar-refractivity contribution in [3.05, 3.63) is 12.3 Å². The third-order valence-electron chi connectivity index (χ3n) is 1.53. The lowest BCUT2D eigenvalue weighted by molar-refractivity contribution is -0.124. The van der Waals surface area contributed by atoms with Gasteiger partial charge < -0.3 is 10.2 Å². The number of nitrogens with one attached hydrogen (secondary N) is 1. The summed E-state index contributed by atoms with van der Waals surface area (Å²) in [4.78, 5) is 12.7. The molecule has 0 bridgehead atoms. The predicted octanol–water partition coefficient (Wildman–Crippen LogP) is -0.0482. The van der Waals surface area contributed by atoms with E-state index in [0.717, 1.165) is 19.5 Å². The summed E-state index contributed by atoms with van der Waals surface area (Å²) < 4.78 is 0. The lowest BCUT2D eigenvalue weighted by Crippen LogP contribution is -2.30. The molecule has 3 nitrogen and oxygen atoms in total. The Balaban J connectivity index is 2.53. The standard InChI is InChI=1S/C7H12N2O/c1-9-6-2-4-8-5-3-7(9)10/h3,5,8H,2,4,6H2,1H3. The van der Waals surface area contributed by atoms with Crippen LogP contribution in [0.25, 0.3) is 0 Å². The molecule has 1 amide bonds. The topological polar surface area (TPSA) is 32.3 Å². The molecule has 0 radical (unpaired) electrons. The van der Waals surface area contributed by atoms with Crippen LogP contribution in [0.5, 0.6) is 0 Å². The molecular weight excluding hydrogens is 128 g/mol. The van der Waals surface area contributed by atoms with Gasteiger partial charge in [0.25, 0.3) is 0 Å². The predicted molar refractivity (Wildman–Crippen MR) is 39.4 cm³/mol. The first kappa shape index (κ1) is 7.12. The van der Waals surface area contributed by atoms with Crippen LogP contribution in [0.1, 0.15) is 6.42 Å². The fourth-order valence-corrected chi connectivity index (χ4v) is 0.869. The Bertz CT molecular complexity index is 154. The Labute approximate surface area is 60.7 Å². The van der Waals surface area contributed by atoms with Gasteiger partial charge in [-0.15, -0.1) is 0 Å². The molecule has 1 aliphatic rings. The van der Waals surface area contributed by atoms with Crippen molar-refractivity contribution in [3.63, 3.8) is 0 Å². The van der Waals surface area contributed by atoms with Gasteiger partial charge in [-0.2, -0.15) is 0 Å². The minimum absolute atomic E-state index is 0.0761. The second kappa shape index (κ2) is 3.25. The van der Waals surface area contributed by atoms with E-state index in [-0.39, 0.29) is 5.91 Å². The fraction of sp³-hybridized carbons (Fsp3) is 0.571. The Morgan fingerprint density at radius 2 is 2.50 bits per heavy atom. The Hall–Kier alpha value is -0.990. The molecule has 0 atom stereocenters. The second-order valence-electron chi connectivity index (χ2n) is 2.40. The van der Waals surface area contributed by atoms with E-state index in [1.54, 1.807) is 17.2 Å². The zero-order valence-electron chi connectivity index (χ0n) is 6.13. The Kier molecular flexibility index (Phi) is 2.31. The number of hydrogen-bond acceptors (Lipinski definition) is 2. The summed E-state index contributed by atoms with van der Waals surface area (Å²) in [5, 5.41) is 3.01. The zero-order chi connectivity index (χ0) is 7.40. The lowest BCUT2D eigenvalue weighted by Gasteiger charge is -2.16. The maximum absolute atomic E-state index is 11.0. The number of likely N-dealkylation sites (N-methyl/N-ethyl adjacent to an activating group) is 1. The Morgan fingerprint density at radius 1 is 1.70 bits per heavy atom. The van der Waals surface area contributed by atoms with Gasteiger partial charge in [-0.05, 0) is 6.42 Å². The van der Waals surface area contributed by atoms with Crippen molar-refractivity contribution in [2.45, 2.75) is 6.42 Å². The molecule has 0 aromatic heterocycles. The largest absolute Gasteiger partial charge is 0.391 e. The second-order valence-corrected chi connectivity index (χ2v) is 2.40. The molecule has 1 rings (SSSR count). The summed E-state index contributed by atoms with van der Waals surface area (Å²) in [6, 6.07) is 0. The molecule has 0 unspecified atom stereocenters. The van der Waals surface area contributed by atoms with Crippen molar-refractivity contribution in [3.8, 4) is 0 Å². The van der Waals surface area contributed by atoms with Crippen LogP contribution in [0.2, 0.25) is 0 Å². The van der Waals surface area contributed by atoms with Crippen LogP contribution in [0, 0.1) is 0 Å². The van der Waals surface area contributed by atoms with Crippen LogP contribution in [0.3, 0.4) is 0 Å². The number of carbonyl (C=O) groups is 1. The molecule has 10 heavy (non-hydrogen) atoms. The van der Waals surface area contributed by atoms with Crippen LogP contribution < -0.4 is 5.32 Å². The van der Waals surface area contributed by atoms with Crippen molar-refractivity contribution >= 4 is 5.91 Å². The van der Waals surface area contributed by atoms with Gasteiger partial charge >= 0.3 is 0 Å². The number of carbonyl (C=O) groups excluding carboxylic acids is 1. The van der Waals surface area contributed by atoms with E-state index < -0.39 is 0 Å². The van der Waals surface area contributed by atoms with Gasteiger partial charge in [-0.1, -0.05) is 0 Å². The van der Waals surface area contributed by atoms with Gasteiger partial charge in [0.1, 0.15) is 0 Å². The van der Waals surface area contributed by atoms with E-state index in [2.05, 4.69) is 5.32 Å². The van der Waals surface area contributed by atoms with Gasteiger partial charge in [-0.3, -0.25) is 4.79 Å². The third kappa shape index (κ3) is 1.76. The minimum Gasteiger partial charge on any atom is -0.391 e. The summed E-state index contributed by atoms with van der Waals surface area (Å²) in [5.41, 5.74) is 0. The fourth-order valence-electron chi connectivity index (χ4n) is 0.869. The average molecular weight is 140 g/mol. The van der Waals surface area contributed by atoms with E-state index in [4.69, 9.17) is 0 Å². The summed E-state index contributed by atoms with van der Waals surface area (Å²) >= 11 is 0. The highest BCUT2D eigenvalue weighted by Gasteiger charge is 2.04. The number of amides is 1. The molecule has 0 aromatic rings. The molecule has 1 aliphatic heterocycles. The molecule has 1 N–H and O–H groups in total. The highest BCUT2D eigenvalue weighted by Crippen LogP contribution is 1.91. The van der Waals surface area contributed by atoms with Gasteiger partial charge in [0.05, 0.1) is 0 Å². The SMILES string of the molecule is CN1CCCNC=CC1=O. The monoisotopic (exact) mass is 140 g/mol. The summed E-state index contributed by atoms with van der Waals surface area (Å²) in [7, 11) is 1.82. The molecule has 0 saturated heterocycles. The maximum atomic E-state index is 11.0. The van der Waals surface area contributed by atoms with E-state index in [0.29, 0.717) is 0 Å². The van der Waals surface area contributed by atoms with Crippen LogP contribution in [0.4, 0.5) is 0 Å². The van der Waals surface area contributed by atoms with Gasteiger partial charge in [0, 0.05) is 32.4 Å². The van der Waals surface area contributed by atoms with E-state index in [9.17, 15) is 4.79 Å². The van der Waals surface area contributed by atoms with E-state index in [1.165, 1.54) is 0 Å². The highest BCUT2D eigenvalue weighted by molar-refractivity contribution is 5.87. The highest BCUT2D eigenvalue weighted by atomic mass is 16.2. The van der Waals surface area contributed by atoms with Gasteiger partial charge in [0.15, 0.2) is 0 Å². The normalized spacial score (nSPS) is 19.7. The molecule has 3 heteroatoms. The Morgan fingerprint density at radius 3 is 3.30 bits per heavy atom. The molecule has 1 heterocycles. The van der Waals surface area contributed by atoms with Gasteiger partial charge in [-0.25, -0.2) is 0 Å². The molecule has 56 valence electrons. The number of hydrogen-bond donors (Lipinski definition) is 1. The van der Waals surface area contributed by atoms with E-state index in [1.807, 2.05) is 7.05 Å². The molecule has 0 aliphatic carbocycles. The van der Waals surface area contributed by atoms with Crippen LogP contribution in [-0.2, 0) is 4.79 Å².